The molecule has 15 nitrogen and oxygen atoms in total. The van der Waals surface area contributed by atoms with E-state index in [0.29, 0.717) is 46.6 Å². The van der Waals surface area contributed by atoms with Crippen molar-refractivity contribution < 1.29 is 35.4 Å². The summed E-state index contributed by atoms with van der Waals surface area (Å²) in [6.07, 6.45) is 0.385. The Morgan fingerprint density at radius 2 is 1.82 bits per heavy atom. The standard InChI is InChI=1S/C30H42N8O7/c1-15(2)37(9-22-24(43)25(44)29(45-22)38-14-34-23-26(31)32-13-33-28(23)38)18-5-16(6-18)7-21(42)27-35-19-4-3-17(8-20(19)36-27)30(10-39,11-40)12-41/h3-4,8,13-16,18,21-22,24-25,29,39-44H,5-7,9-12H2,1-2H3,(H,35,36)(H2,31,32,33)/t16?,18?,21?,22-,24-,25-,29-/m1/s1. The minimum atomic E-state index is -1.19. The predicted octanol–water partition coefficient (Wildman–Crippen LogP) is -0.269. The number of aliphatic hydroxyl groups excluding tert-OH is 6. The Kier molecular flexibility index (Phi) is 8.80. The molecule has 1 aliphatic carbocycles. The van der Waals surface area contributed by atoms with E-state index >= 15 is 0 Å². The smallest absolute Gasteiger partial charge is 0.167 e. The summed E-state index contributed by atoms with van der Waals surface area (Å²) in [5.41, 5.74) is 7.42. The van der Waals surface area contributed by atoms with Crippen LogP contribution in [0.1, 0.15) is 56.8 Å². The highest BCUT2D eigenvalue weighted by Gasteiger charge is 2.47. The van der Waals surface area contributed by atoms with E-state index in [1.807, 2.05) is 0 Å². The Balaban J connectivity index is 1.08. The third-order valence-corrected chi connectivity index (χ3v) is 9.63. The van der Waals surface area contributed by atoms with Gasteiger partial charge in [0.1, 0.15) is 42.1 Å². The van der Waals surface area contributed by atoms with E-state index < -0.39 is 55.9 Å². The van der Waals surface area contributed by atoms with Crippen molar-refractivity contribution in [3.63, 3.8) is 0 Å². The molecular weight excluding hydrogens is 584 g/mol. The van der Waals surface area contributed by atoms with E-state index in [4.69, 9.17) is 10.5 Å². The molecule has 2 fully saturated rings. The highest BCUT2D eigenvalue weighted by molar-refractivity contribution is 5.81. The summed E-state index contributed by atoms with van der Waals surface area (Å²) in [5, 5.41) is 62.2. The van der Waals surface area contributed by atoms with E-state index in [1.165, 1.54) is 12.7 Å². The van der Waals surface area contributed by atoms with Crippen LogP contribution in [0.4, 0.5) is 5.82 Å². The maximum Gasteiger partial charge on any atom is 0.167 e. The first-order valence-electron chi connectivity index (χ1n) is 15.3. The van der Waals surface area contributed by atoms with Crippen molar-refractivity contribution >= 4 is 28.0 Å². The lowest BCUT2D eigenvalue weighted by Crippen LogP contribution is -2.52. The quantitative estimate of drug-likeness (QED) is 0.101. The van der Waals surface area contributed by atoms with Crippen molar-refractivity contribution in [2.24, 2.45) is 5.92 Å². The minimum absolute atomic E-state index is 0.155. The molecule has 0 bridgehead atoms. The second-order valence-electron chi connectivity index (χ2n) is 12.8. The molecule has 1 saturated carbocycles. The van der Waals surface area contributed by atoms with Crippen molar-refractivity contribution in [2.45, 2.75) is 81.3 Å². The third-order valence-electron chi connectivity index (χ3n) is 9.63. The van der Waals surface area contributed by atoms with E-state index in [0.717, 1.165) is 12.8 Å². The van der Waals surface area contributed by atoms with Gasteiger partial charge in [-0.3, -0.25) is 9.47 Å². The summed E-state index contributed by atoms with van der Waals surface area (Å²) in [4.78, 5) is 22.4. The van der Waals surface area contributed by atoms with Gasteiger partial charge in [0.05, 0.1) is 42.6 Å². The number of hydrogen-bond donors (Lipinski definition) is 8. The largest absolute Gasteiger partial charge is 0.395 e. The van der Waals surface area contributed by atoms with Crippen molar-refractivity contribution in [2.75, 3.05) is 32.1 Å². The van der Waals surface area contributed by atoms with Gasteiger partial charge in [0.2, 0.25) is 0 Å². The van der Waals surface area contributed by atoms with Gasteiger partial charge in [0, 0.05) is 18.6 Å². The summed E-state index contributed by atoms with van der Waals surface area (Å²) < 4.78 is 7.76. The summed E-state index contributed by atoms with van der Waals surface area (Å²) in [6, 6.07) is 5.57. The van der Waals surface area contributed by atoms with E-state index in [-0.39, 0.29) is 23.8 Å². The van der Waals surface area contributed by atoms with Gasteiger partial charge in [-0.1, -0.05) is 6.07 Å². The van der Waals surface area contributed by atoms with Gasteiger partial charge in [-0.2, -0.15) is 0 Å². The van der Waals surface area contributed by atoms with Gasteiger partial charge in [-0.15, -0.1) is 0 Å². The molecule has 2 aliphatic rings. The minimum Gasteiger partial charge on any atom is -0.395 e. The number of nitrogen functional groups attached to an aromatic ring is 1. The summed E-state index contributed by atoms with van der Waals surface area (Å²) in [6.45, 7) is 3.35. The molecule has 4 heterocycles. The number of ether oxygens (including phenoxy) is 1. The molecule has 1 saturated heterocycles. The molecule has 1 aliphatic heterocycles. The molecule has 1 unspecified atom stereocenters. The number of aliphatic hydroxyl groups is 6. The Morgan fingerprint density at radius 3 is 2.51 bits per heavy atom. The molecule has 0 spiro atoms. The molecule has 1 aromatic carbocycles. The molecule has 244 valence electrons. The highest BCUT2D eigenvalue weighted by Crippen LogP contribution is 2.40. The van der Waals surface area contributed by atoms with Crippen LogP contribution in [0, 0.1) is 5.92 Å². The summed E-state index contributed by atoms with van der Waals surface area (Å²) >= 11 is 0. The molecule has 45 heavy (non-hydrogen) atoms. The van der Waals surface area contributed by atoms with Gasteiger partial charge in [-0.25, -0.2) is 19.9 Å². The first kappa shape index (κ1) is 31.7. The lowest BCUT2D eigenvalue weighted by Gasteiger charge is -2.46. The number of aromatic amines is 1. The van der Waals surface area contributed by atoms with Gasteiger partial charge < -0.3 is 46.1 Å². The monoisotopic (exact) mass is 626 g/mol. The maximum absolute atomic E-state index is 11.0. The topological polar surface area (TPSA) is 232 Å². The van der Waals surface area contributed by atoms with Gasteiger partial charge in [-0.05, 0) is 56.7 Å². The zero-order valence-corrected chi connectivity index (χ0v) is 25.3. The highest BCUT2D eigenvalue weighted by atomic mass is 16.6. The number of H-pyrrole nitrogens is 1. The number of benzene rings is 1. The molecule has 15 heteroatoms. The summed E-state index contributed by atoms with van der Waals surface area (Å²) in [7, 11) is 0. The van der Waals surface area contributed by atoms with E-state index in [1.54, 1.807) is 22.8 Å². The number of nitrogens with zero attached hydrogens (tertiary/aromatic N) is 6. The zero-order valence-electron chi connectivity index (χ0n) is 25.3. The fraction of sp³-hybridized carbons (Fsp3) is 0.600. The van der Waals surface area contributed by atoms with Crippen LogP contribution in [-0.2, 0) is 10.2 Å². The van der Waals surface area contributed by atoms with Crippen LogP contribution in [0.15, 0.2) is 30.9 Å². The second kappa shape index (κ2) is 12.5. The molecule has 0 amide bonds. The van der Waals surface area contributed by atoms with Crippen molar-refractivity contribution in [1.29, 1.82) is 0 Å². The maximum atomic E-state index is 11.0. The average Bonchev–Trinajstić information content (AvgIpc) is 3.71. The number of imidazole rings is 2. The number of nitrogens with two attached hydrogens (primary N) is 1. The van der Waals surface area contributed by atoms with Gasteiger partial charge in [0.15, 0.2) is 17.7 Å². The van der Waals surface area contributed by atoms with Gasteiger partial charge >= 0.3 is 0 Å². The molecule has 5 atom stereocenters. The Morgan fingerprint density at radius 1 is 1.09 bits per heavy atom. The van der Waals surface area contributed by atoms with Crippen LogP contribution >= 0.6 is 0 Å². The molecule has 6 rings (SSSR count). The fourth-order valence-corrected chi connectivity index (χ4v) is 6.69. The van der Waals surface area contributed by atoms with Gasteiger partial charge in [0.25, 0.3) is 0 Å². The van der Waals surface area contributed by atoms with Crippen LogP contribution in [0.2, 0.25) is 0 Å². The third kappa shape index (κ3) is 5.67. The Bertz CT molecular complexity index is 1610. The van der Waals surface area contributed by atoms with Crippen molar-refractivity contribution in [1.82, 2.24) is 34.4 Å². The van der Waals surface area contributed by atoms with Crippen LogP contribution in [0.25, 0.3) is 22.2 Å². The lowest BCUT2D eigenvalue weighted by molar-refractivity contribution is -0.0640. The van der Waals surface area contributed by atoms with Crippen LogP contribution in [0.3, 0.4) is 0 Å². The zero-order chi connectivity index (χ0) is 32.0. The van der Waals surface area contributed by atoms with Crippen LogP contribution in [-0.4, -0.2) is 122 Å². The average molecular weight is 627 g/mol. The Hall–Kier alpha value is -3.28. The van der Waals surface area contributed by atoms with Crippen LogP contribution < -0.4 is 5.73 Å². The Labute approximate surface area is 259 Å². The number of aromatic nitrogens is 6. The van der Waals surface area contributed by atoms with Crippen LogP contribution in [0.5, 0.6) is 0 Å². The molecule has 9 N–H and O–H groups in total. The molecule has 0 radical (unpaired) electrons. The lowest BCUT2D eigenvalue weighted by atomic mass is 9.75. The first-order chi connectivity index (χ1) is 21.6. The number of fused-ring (bicyclic) bond motifs is 2. The SMILES string of the molecule is CC(C)N(C[C@H]1O[C@@H](n2cnc3c(N)ncnc32)[C@H](O)[C@@H]1O)C1CC(CC(O)c2nc3ccc(C(CO)(CO)CO)cc3[nH]2)C1. The van der Waals surface area contributed by atoms with Crippen molar-refractivity contribution in [3.8, 4) is 0 Å². The number of rotatable bonds is 12. The fourth-order valence-electron chi connectivity index (χ4n) is 6.69. The second-order valence-corrected chi connectivity index (χ2v) is 12.8. The van der Waals surface area contributed by atoms with Crippen molar-refractivity contribution in [3.05, 3.63) is 42.2 Å². The van der Waals surface area contributed by atoms with E-state index in [9.17, 15) is 30.6 Å². The normalized spacial score (nSPS) is 26.4. The number of hydrogen-bond acceptors (Lipinski definition) is 13. The predicted molar refractivity (Wildman–Crippen MR) is 163 cm³/mol. The number of nitrogens with one attached hydrogen (secondary N) is 1. The number of anilines is 1. The molecule has 4 aromatic rings. The summed E-state index contributed by atoms with van der Waals surface area (Å²) in [5.74, 6) is 0.921. The molecular formula is C30H42N8O7. The first-order valence-corrected chi connectivity index (χ1v) is 15.3. The molecule has 3 aromatic heterocycles. The van der Waals surface area contributed by atoms with E-state index in [2.05, 4.69) is 43.7 Å².